The third-order valence-electron chi connectivity index (χ3n) is 6.25. The van der Waals surface area contributed by atoms with Gasteiger partial charge in [0.15, 0.2) is 5.11 Å². The molecule has 1 aliphatic rings. The molecule has 1 aliphatic heterocycles. The first-order chi connectivity index (χ1) is 16.4. The first kappa shape index (κ1) is 22.4. The number of hydrogen-bond acceptors (Lipinski definition) is 3. The Bertz CT molecular complexity index is 1320. The van der Waals surface area contributed by atoms with E-state index in [0.29, 0.717) is 5.11 Å². The minimum absolute atomic E-state index is 0.0985. The van der Waals surface area contributed by atoms with Crippen molar-refractivity contribution in [3.05, 3.63) is 107 Å². The molecule has 1 saturated heterocycles. The maximum Gasteiger partial charge on any atom is 0.174 e. The van der Waals surface area contributed by atoms with Crippen molar-refractivity contribution < 1.29 is 0 Å². The van der Waals surface area contributed by atoms with Crippen LogP contribution in [0.15, 0.2) is 85.2 Å². The predicted octanol–water partition coefficient (Wildman–Crippen LogP) is 6.08. The molecular weight excluding hydrogens is 462 g/mol. The Morgan fingerprint density at radius 1 is 0.971 bits per heavy atom. The molecule has 2 atom stereocenters. The van der Waals surface area contributed by atoms with E-state index < -0.39 is 0 Å². The summed E-state index contributed by atoms with van der Waals surface area (Å²) in [5, 5.41) is 4.98. The summed E-state index contributed by atoms with van der Waals surface area (Å²) in [5.41, 5.74) is 6.33. The number of nitrogens with zero attached hydrogens (tertiary/aromatic N) is 4. The fraction of sp³-hybridized carbons (Fsp3) is 0.185. The molecule has 0 unspecified atom stereocenters. The van der Waals surface area contributed by atoms with Crippen molar-refractivity contribution in [3.63, 3.8) is 0 Å². The first-order valence-electron chi connectivity index (χ1n) is 11.2. The quantitative estimate of drug-likeness (QED) is 0.345. The highest BCUT2D eigenvalue weighted by atomic mass is 35.5. The molecular formula is C27H26ClN5S. The number of benzene rings is 2. The SMILES string of the molecule is Cc1cc(-n2cccc2[C@@H]2[C@@H](c3ccccn3)NC(=S)N2c2ccc(N(C)C)cc2)ccc1Cl. The minimum Gasteiger partial charge on any atom is -0.378 e. The van der Waals surface area contributed by atoms with Crippen molar-refractivity contribution >= 4 is 40.3 Å². The number of halogens is 1. The van der Waals surface area contributed by atoms with Gasteiger partial charge in [0.1, 0.15) is 6.04 Å². The van der Waals surface area contributed by atoms with Crippen molar-refractivity contribution in [2.75, 3.05) is 23.9 Å². The average molecular weight is 488 g/mol. The number of aromatic nitrogens is 2. The van der Waals surface area contributed by atoms with E-state index in [2.05, 4.69) is 73.3 Å². The number of thiocarbonyl (C=S) groups is 1. The van der Waals surface area contributed by atoms with Gasteiger partial charge in [0.25, 0.3) is 0 Å². The summed E-state index contributed by atoms with van der Waals surface area (Å²) in [6.45, 7) is 2.02. The van der Waals surface area contributed by atoms with Crippen LogP contribution >= 0.6 is 23.8 Å². The van der Waals surface area contributed by atoms with Gasteiger partial charge < -0.3 is 19.7 Å². The summed E-state index contributed by atoms with van der Waals surface area (Å²) in [6, 6.07) is 24.6. The molecule has 172 valence electrons. The maximum absolute atomic E-state index is 6.31. The monoisotopic (exact) mass is 487 g/mol. The van der Waals surface area contributed by atoms with Crippen LogP contribution in [0.3, 0.4) is 0 Å². The summed E-state index contributed by atoms with van der Waals surface area (Å²) in [6.07, 6.45) is 3.91. The molecule has 2 aromatic carbocycles. The fourth-order valence-electron chi connectivity index (χ4n) is 4.49. The van der Waals surface area contributed by atoms with E-state index in [1.165, 1.54) is 0 Å². The zero-order chi connectivity index (χ0) is 23.8. The molecule has 0 bridgehead atoms. The second-order valence-corrected chi connectivity index (χ2v) is 9.44. The second-order valence-electron chi connectivity index (χ2n) is 8.64. The van der Waals surface area contributed by atoms with E-state index in [1.54, 1.807) is 0 Å². The molecule has 0 radical (unpaired) electrons. The molecule has 0 saturated carbocycles. The molecule has 7 heteroatoms. The molecule has 5 rings (SSSR count). The van der Waals surface area contributed by atoms with Gasteiger partial charge in [0.05, 0.1) is 11.7 Å². The molecule has 4 aromatic rings. The Morgan fingerprint density at radius 3 is 2.41 bits per heavy atom. The zero-order valence-corrected chi connectivity index (χ0v) is 20.9. The molecule has 34 heavy (non-hydrogen) atoms. The third-order valence-corrected chi connectivity index (χ3v) is 6.98. The third kappa shape index (κ3) is 4.04. The number of aryl methyl sites for hydroxylation is 1. The number of rotatable bonds is 5. The van der Waals surface area contributed by atoms with Crippen LogP contribution in [0.5, 0.6) is 0 Å². The molecule has 5 nitrogen and oxygen atoms in total. The minimum atomic E-state index is -0.107. The Hall–Kier alpha value is -3.35. The van der Waals surface area contributed by atoms with Gasteiger partial charge in [-0.05, 0) is 91.4 Å². The van der Waals surface area contributed by atoms with Crippen molar-refractivity contribution in [1.82, 2.24) is 14.9 Å². The lowest BCUT2D eigenvalue weighted by Gasteiger charge is -2.29. The van der Waals surface area contributed by atoms with E-state index in [9.17, 15) is 0 Å². The van der Waals surface area contributed by atoms with Crippen LogP contribution in [-0.2, 0) is 0 Å². The normalized spacial score (nSPS) is 17.6. The number of hydrogen-bond donors (Lipinski definition) is 1. The van der Waals surface area contributed by atoms with Gasteiger partial charge in [-0.3, -0.25) is 4.98 Å². The van der Waals surface area contributed by atoms with E-state index in [0.717, 1.165) is 39.0 Å². The zero-order valence-electron chi connectivity index (χ0n) is 19.3. The number of anilines is 2. The highest BCUT2D eigenvalue weighted by Crippen LogP contribution is 2.42. The lowest BCUT2D eigenvalue weighted by atomic mass is 10.0. The smallest absolute Gasteiger partial charge is 0.174 e. The van der Waals surface area contributed by atoms with Crippen LogP contribution in [0.1, 0.15) is 29.0 Å². The second kappa shape index (κ2) is 9.12. The molecule has 1 N–H and O–H groups in total. The van der Waals surface area contributed by atoms with Gasteiger partial charge in [0, 0.05) is 54.3 Å². The lowest BCUT2D eigenvalue weighted by Crippen LogP contribution is -2.30. The molecule has 1 fully saturated rings. The summed E-state index contributed by atoms with van der Waals surface area (Å²) in [4.78, 5) is 8.95. The van der Waals surface area contributed by atoms with Gasteiger partial charge in [-0.25, -0.2) is 0 Å². The van der Waals surface area contributed by atoms with Crippen molar-refractivity contribution in [1.29, 1.82) is 0 Å². The molecule has 3 heterocycles. The predicted molar refractivity (Wildman–Crippen MR) is 144 cm³/mol. The highest BCUT2D eigenvalue weighted by Gasteiger charge is 2.42. The van der Waals surface area contributed by atoms with Gasteiger partial charge >= 0.3 is 0 Å². The summed E-state index contributed by atoms with van der Waals surface area (Å²) in [7, 11) is 4.08. The maximum atomic E-state index is 6.31. The lowest BCUT2D eigenvalue weighted by molar-refractivity contribution is 0.549. The Balaban J connectivity index is 1.64. The highest BCUT2D eigenvalue weighted by molar-refractivity contribution is 7.80. The van der Waals surface area contributed by atoms with Crippen molar-refractivity contribution in [2.45, 2.75) is 19.0 Å². The van der Waals surface area contributed by atoms with Gasteiger partial charge in [0.2, 0.25) is 0 Å². The topological polar surface area (TPSA) is 36.3 Å². The summed E-state index contributed by atoms with van der Waals surface area (Å²) in [5.74, 6) is 0. The van der Waals surface area contributed by atoms with Crippen LogP contribution in [0.2, 0.25) is 5.02 Å². The molecule has 2 aromatic heterocycles. The van der Waals surface area contributed by atoms with Crippen LogP contribution < -0.4 is 15.1 Å². The van der Waals surface area contributed by atoms with Crippen LogP contribution in [0.25, 0.3) is 5.69 Å². The average Bonchev–Trinajstić information content (AvgIpc) is 3.45. The molecule has 0 spiro atoms. The van der Waals surface area contributed by atoms with E-state index in [1.807, 2.05) is 57.5 Å². The molecule has 0 aliphatic carbocycles. The van der Waals surface area contributed by atoms with Crippen LogP contribution in [0.4, 0.5) is 11.4 Å². The Labute approximate surface area is 210 Å². The van der Waals surface area contributed by atoms with Crippen LogP contribution in [0, 0.1) is 6.92 Å². The van der Waals surface area contributed by atoms with E-state index in [4.69, 9.17) is 23.8 Å². The van der Waals surface area contributed by atoms with Crippen LogP contribution in [-0.4, -0.2) is 28.8 Å². The summed E-state index contributed by atoms with van der Waals surface area (Å²) < 4.78 is 2.21. The first-order valence-corrected chi connectivity index (χ1v) is 11.9. The number of nitrogens with one attached hydrogen (secondary N) is 1. The van der Waals surface area contributed by atoms with Gasteiger partial charge in [-0.15, -0.1) is 0 Å². The van der Waals surface area contributed by atoms with Crippen molar-refractivity contribution in [3.8, 4) is 5.69 Å². The van der Waals surface area contributed by atoms with Gasteiger partial charge in [-0.1, -0.05) is 17.7 Å². The largest absolute Gasteiger partial charge is 0.378 e. The molecule has 0 amide bonds. The fourth-order valence-corrected chi connectivity index (χ4v) is 4.96. The Kier molecular flexibility index (Phi) is 6.02. The van der Waals surface area contributed by atoms with Crippen molar-refractivity contribution in [2.24, 2.45) is 0 Å². The standard InChI is InChI=1S/C27H26ClN5S/c1-18-17-21(13-14-22(18)28)32-16-6-8-24(32)26-25(23-7-4-5-15-29-23)30-27(34)33(26)20-11-9-19(10-12-20)31(2)3/h4-17,25-26H,1-3H3,(H,30,34)/t25-,26-/m1/s1. The van der Waals surface area contributed by atoms with E-state index >= 15 is 0 Å². The van der Waals surface area contributed by atoms with E-state index in [-0.39, 0.29) is 12.1 Å². The summed E-state index contributed by atoms with van der Waals surface area (Å²) >= 11 is 12.2. The number of pyridine rings is 1. The Morgan fingerprint density at radius 2 is 1.74 bits per heavy atom. The van der Waals surface area contributed by atoms with Gasteiger partial charge in [-0.2, -0.15) is 0 Å².